The maximum absolute atomic E-state index is 12.4. The van der Waals surface area contributed by atoms with Gasteiger partial charge >= 0.3 is 5.97 Å². The first-order valence-electron chi connectivity index (χ1n) is 9.04. The molecule has 0 bridgehead atoms. The van der Waals surface area contributed by atoms with Crippen LogP contribution in [0.25, 0.3) is 0 Å². The largest absolute Gasteiger partial charge is 0.461 e. The summed E-state index contributed by atoms with van der Waals surface area (Å²) in [6.07, 6.45) is 1.22. The van der Waals surface area contributed by atoms with Crippen LogP contribution in [0.15, 0.2) is 62.3 Å². The first-order chi connectivity index (χ1) is 13.4. The molecule has 1 fully saturated rings. The molecule has 2 heterocycles. The van der Waals surface area contributed by atoms with E-state index in [1.807, 2.05) is 29.2 Å². The molecule has 4 rings (SSSR count). The predicted octanol–water partition coefficient (Wildman–Crippen LogP) is 3.35. The van der Waals surface area contributed by atoms with Crippen LogP contribution in [0.4, 0.5) is 0 Å². The molecule has 0 amide bonds. The van der Waals surface area contributed by atoms with Crippen LogP contribution in [0.5, 0.6) is 0 Å². The summed E-state index contributed by atoms with van der Waals surface area (Å²) >= 11 is 3.38. The number of likely N-dealkylation sites (tertiary alicyclic amines) is 1. The number of esters is 1. The molecule has 0 spiro atoms. The highest BCUT2D eigenvalue weighted by atomic mass is 79.9. The Labute approximate surface area is 172 Å². The van der Waals surface area contributed by atoms with Crippen molar-refractivity contribution in [3.63, 3.8) is 0 Å². The van der Waals surface area contributed by atoms with Crippen LogP contribution in [0.1, 0.15) is 24.0 Å². The molecule has 8 heteroatoms. The van der Waals surface area contributed by atoms with Crippen LogP contribution in [-0.4, -0.2) is 38.2 Å². The van der Waals surface area contributed by atoms with Gasteiger partial charge in [-0.05, 0) is 42.7 Å². The Balaban J connectivity index is 1.36. The fourth-order valence-corrected chi connectivity index (χ4v) is 4.99. The summed E-state index contributed by atoms with van der Waals surface area (Å²) in [5, 5.41) is 0. The van der Waals surface area contributed by atoms with Crippen molar-refractivity contribution in [2.45, 2.75) is 24.3 Å². The molecule has 28 heavy (non-hydrogen) atoms. The number of fused-ring (bicyclic) bond motifs is 1. The van der Waals surface area contributed by atoms with E-state index >= 15 is 0 Å². The summed E-state index contributed by atoms with van der Waals surface area (Å²) in [5.41, 5.74) is 1.58. The third kappa shape index (κ3) is 3.84. The SMILES string of the molecule is O=C(OCc1ccc(Br)cc1)C1CCN(C2=NS(=O)(=O)c3ccccc32)CC1. The van der Waals surface area contributed by atoms with Crippen molar-refractivity contribution in [3.05, 3.63) is 64.1 Å². The molecule has 2 aromatic carbocycles. The number of nitrogens with zero attached hydrogens (tertiary/aromatic N) is 2. The maximum Gasteiger partial charge on any atom is 0.309 e. The number of halogens is 1. The van der Waals surface area contributed by atoms with Crippen LogP contribution in [0.2, 0.25) is 0 Å². The van der Waals surface area contributed by atoms with Crippen molar-refractivity contribution >= 4 is 37.8 Å². The molecule has 2 aliphatic heterocycles. The average Bonchev–Trinajstić information content (AvgIpc) is 2.99. The van der Waals surface area contributed by atoms with Gasteiger partial charge in [0.15, 0.2) is 5.84 Å². The van der Waals surface area contributed by atoms with Gasteiger partial charge in [-0.15, -0.1) is 4.40 Å². The van der Waals surface area contributed by atoms with E-state index in [0.717, 1.165) is 10.0 Å². The van der Waals surface area contributed by atoms with Crippen molar-refractivity contribution in [2.75, 3.05) is 13.1 Å². The van der Waals surface area contributed by atoms with Gasteiger partial charge in [0.2, 0.25) is 0 Å². The minimum Gasteiger partial charge on any atom is -0.461 e. The van der Waals surface area contributed by atoms with Gasteiger partial charge in [0.1, 0.15) is 11.5 Å². The van der Waals surface area contributed by atoms with Gasteiger partial charge in [-0.25, -0.2) is 0 Å². The Morgan fingerprint density at radius 2 is 1.79 bits per heavy atom. The third-order valence-corrected chi connectivity index (χ3v) is 6.89. The lowest BCUT2D eigenvalue weighted by Crippen LogP contribution is -2.40. The Morgan fingerprint density at radius 1 is 1.11 bits per heavy atom. The molecule has 6 nitrogen and oxygen atoms in total. The van der Waals surface area contributed by atoms with E-state index in [1.165, 1.54) is 0 Å². The molecule has 0 saturated carbocycles. The van der Waals surface area contributed by atoms with Crippen LogP contribution < -0.4 is 0 Å². The van der Waals surface area contributed by atoms with Gasteiger partial charge in [0, 0.05) is 23.1 Å². The van der Waals surface area contributed by atoms with Crippen molar-refractivity contribution in [1.82, 2.24) is 4.90 Å². The van der Waals surface area contributed by atoms with E-state index in [1.54, 1.807) is 24.3 Å². The standard InChI is InChI=1S/C20H19BrN2O4S/c21-16-7-5-14(6-8-16)13-27-20(24)15-9-11-23(12-10-15)19-17-3-1-2-4-18(17)28(25,26)22-19/h1-8,15H,9-13H2. The molecule has 146 valence electrons. The summed E-state index contributed by atoms with van der Waals surface area (Å²) in [4.78, 5) is 14.6. The first-order valence-corrected chi connectivity index (χ1v) is 11.3. The highest BCUT2D eigenvalue weighted by Crippen LogP contribution is 2.30. The molecule has 2 aliphatic rings. The Bertz CT molecular complexity index is 1030. The minimum atomic E-state index is -3.62. The second-order valence-electron chi connectivity index (χ2n) is 6.88. The molecule has 0 N–H and O–H groups in total. The highest BCUT2D eigenvalue weighted by molar-refractivity contribution is 9.10. The molecule has 0 aromatic heterocycles. The lowest BCUT2D eigenvalue weighted by atomic mass is 9.96. The van der Waals surface area contributed by atoms with Crippen LogP contribution in [-0.2, 0) is 26.2 Å². The fraction of sp³-hybridized carbons (Fsp3) is 0.300. The van der Waals surface area contributed by atoms with Crippen molar-refractivity contribution in [1.29, 1.82) is 0 Å². The first kappa shape index (κ1) is 19.1. The number of ether oxygens (including phenoxy) is 1. The molecule has 0 aliphatic carbocycles. The van der Waals surface area contributed by atoms with Gasteiger partial charge in [0.05, 0.1) is 5.92 Å². The van der Waals surface area contributed by atoms with Crippen molar-refractivity contribution < 1.29 is 17.9 Å². The van der Waals surface area contributed by atoms with E-state index in [9.17, 15) is 13.2 Å². The monoisotopic (exact) mass is 462 g/mol. The minimum absolute atomic E-state index is 0.180. The quantitative estimate of drug-likeness (QED) is 0.653. The summed E-state index contributed by atoms with van der Waals surface area (Å²) in [5.74, 6) is 0.0989. The Kier molecular flexibility index (Phi) is 5.25. The fourth-order valence-electron chi connectivity index (χ4n) is 3.50. The Hall–Kier alpha value is -2.19. The number of rotatable bonds is 3. The lowest BCUT2D eigenvalue weighted by molar-refractivity contribution is -0.151. The number of amidine groups is 1. The number of hydrogen-bond acceptors (Lipinski definition) is 5. The summed E-state index contributed by atoms with van der Waals surface area (Å²) < 4.78 is 34.9. The smallest absolute Gasteiger partial charge is 0.309 e. The number of carbonyl (C=O) groups excluding carboxylic acids is 1. The van der Waals surface area contributed by atoms with Crippen molar-refractivity contribution in [3.8, 4) is 0 Å². The van der Waals surface area contributed by atoms with Gasteiger partial charge in [-0.3, -0.25) is 4.79 Å². The molecular weight excluding hydrogens is 444 g/mol. The summed E-state index contributed by atoms with van der Waals surface area (Å²) in [6.45, 7) is 1.39. The number of sulfonamides is 1. The average molecular weight is 463 g/mol. The number of hydrogen-bond donors (Lipinski definition) is 0. The van der Waals surface area contributed by atoms with E-state index in [4.69, 9.17) is 4.74 Å². The van der Waals surface area contributed by atoms with Crippen LogP contribution >= 0.6 is 15.9 Å². The normalized spacial score (nSPS) is 18.5. The van der Waals surface area contributed by atoms with E-state index in [2.05, 4.69) is 20.3 Å². The van der Waals surface area contributed by atoms with E-state index in [-0.39, 0.29) is 23.4 Å². The Morgan fingerprint density at radius 3 is 2.50 bits per heavy atom. The third-order valence-electron chi connectivity index (χ3n) is 5.03. The molecule has 0 unspecified atom stereocenters. The molecule has 2 aromatic rings. The van der Waals surface area contributed by atoms with Gasteiger partial charge in [-0.2, -0.15) is 8.42 Å². The lowest BCUT2D eigenvalue weighted by Gasteiger charge is -2.32. The zero-order valence-electron chi connectivity index (χ0n) is 15.0. The molecule has 0 atom stereocenters. The van der Waals surface area contributed by atoms with Crippen LogP contribution in [0, 0.1) is 5.92 Å². The molecule has 1 saturated heterocycles. The second-order valence-corrected chi connectivity index (χ2v) is 9.37. The predicted molar refractivity (Wildman–Crippen MR) is 108 cm³/mol. The second kappa shape index (κ2) is 7.67. The number of piperidine rings is 1. The molecule has 0 radical (unpaired) electrons. The van der Waals surface area contributed by atoms with E-state index in [0.29, 0.717) is 37.3 Å². The number of benzene rings is 2. The van der Waals surface area contributed by atoms with E-state index < -0.39 is 10.0 Å². The van der Waals surface area contributed by atoms with Gasteiger partial charge in [-0.1, -0.05) is 40.2 Å². The van der Waals surface area contributed by atoms with Gasteiger partial charge in [0.25, 0.3) is 10.0 Å². The highest BCUT2D eigenvalue weighted by Gasteiger charge is 2.34. The summed E-state index contributed by atoms with van der Waals surface area (Å²) in [6, 6.07) is 14.5. The zero-order valence-corrected chi connectivity index (χ0v) is 17.4. The zero-order chi connectivity index (χ0) is 19.7. The molecular formula is C20H19BrN2O4S. The summed E-state index contributed by atoms with van der Waals surface area (Å²) in [7, 11) is -3.62. The maximum atomic E-state index is 12.4. The van der Waals surface area contributed by atoms with Crippen molar-refractivity contribution in [2.24, 2.45) is 10.3 Å². The van der Waals surface area contributed by atoms with Crippen LogP contribution in [0.3, 0.4) is 0 Å². The van der Waals surface area contributed by atoms with Gasteiger partial charge < -0.3 is 9.64 Å². The topological polar surface area (TPSA) is 76.0 Å². The number of carbonyl (C=O) groups is 1.